The summed E-state index contributed by atoms with van der Waals surface area (Å²) in [7, 11) is 2.56. The summed E-state index contributed by atoms with van der Waals surface area (Å²) in [4.78, 5) is 2.98. The van der Waals surface area contributed by atoms with Crippen LogP contribution in [0.25, 0.3) is 0 Å². The fourth-order valence-corrected chi connectivity index (χ4v) is 11.1. The summed E-state index contributed by atoms with van der Waals surface area (Å²) in [5.41, 5.74) is 0.543. The van der Waals surface area contributed by atoms with Gasteiger partial charge in [-0.25, -0.2) is 0 Å². The predicted molar refractivity (Wildman–Crippen MR) is 171 cm³/mol. The molecule has 4 aliphatic carbocycles. The van der Waals surface area contributed by atoms with Gasteiger partial charge in [0.15, 0.2) is 0 Å². The molecule has 10 atom stereocenters. The second kappa shape index (κ2) is 15.2. The molecule has 10 unspecified atom stereocenters. The van der Waals surface area contributed by atoms with Crippen molar-refractivity contribution in [1.82, 2.24) is 4.90 Å². The minimum absolute atomic E-state index is 0. The Labute approximate surface area is 271 Å². The second-order valence-corrected chi connectivity index (χ2v) is 16.4. The Morgan fingerprint density at radius 1 is 0.750 bits per heavy atom. The molecule has 0 bridgehead atoms. The van der Waals surface area contributed by atoms with E-state index in [9.17, 15) is 0 Å². The molecule has 0 amide bonds. The van der Waals surface area contributed by atoms with Crippen LogP contribution in [-0.2, 0) is 30.9 Å². The molecular weight excluding hydrogens is 566 g/mol. The van der Waals surface area contributed by atoms with Crippen LogP contribution >= 0.6 is 0 Å². The third kappa shape index (κ3) is 7.71. The third-order valence-corrected chi connectivity index (χ3v) is 12.7. The Balaban J connectivity index is 0.00000187. The van der Waals surface area contributed by atoms with E-state index in [0.717, 1.165) is 66.0 Å². The maximum atomic E-state index is 5.92. The topological polar surface area (TPSA) is 12.5 Å². The zero-order valence-electron chi connectivity index (χ0n) is 28.4. The number of likely N-dealkylation sites (tertiary alicyclic amines) is 1. The SMILES string of the molecule is CC1CCC2C(C1)C1C(C3CCCCC3C1C(C)(C)C1CCC(CCCCCCOC(C)(C)C)C1)N2C.[CH3-].[CH3-].[Zr+2]. The molecule has 0 N–H and O–H groups in total. The minimum atomic E-state index is 0. The molecule has 1 saturated heterocycles. The molecule has 5 fully saturated rings. The molecule has 5 rings (SSSR count). The number of hydrogen-bond donors (Lipinski definition) is 0. The van der Waals surface area contributed by atoms with Gasteiger partial charge < -0.3 is 19.6 Å². The molecule has 4 saturated carbocycles. The van der Waals surface area contributed by atoms with Crippen molar-refractivity contribution >= 4 is 0 Å². The molecule has 0 aromatic carbocycles. The fourth-order valence-electron chi connectivity index (χ4n) is 11.1. The van der Waals surface area contributed by atoms with Gasteiger partial charge in [-0.3, -0.25) is 4.90 Å². The summed E-state index contributed by atoms with van der Waals surface area (Å²) in [5.74, 6) is 7.93. The maximum absolute atomic E-state index is 5.92. The van der Waals surface area contributed by atoms with Crippen molar-refractivity contribution in [3.8, 4) is 0 Å². The predicted octanol–water partition coefficient (Wildman–Crippen LogP) is 10.3. The van der Waals surface area contributed by atoms with E-state index in [0.29, 0.717) is 5.41 Å². The van der Waals surface area contributed by atoms with Crippen LogP contribution < -0.4 is 0 Å². The minimum Gasteiger partial charge on any atom is -0.376 e. The summed E-state index contributed by atoms with van der Waals surface area (Å²) in [6, 6.07) is 1.81. The average molecular weight is 635 g/mol. The zero-order valence-corrected chi connectivity index (χ0v) is 30.9. The number of ether oxygens (including phenoxy) is 1. The van der Waals surface area contributed by atoms with Crippen molar-refractivity contribution in [3.05, 3.63) is 14.9 Å². The monoisotopic (exact) mass is 633 g/mol. The molecule has 1 heterocycles. The largest absolute Gasteiger partial charge is 2.00 e. The molecule has 1 aliphatic heterocycles. The van der Waals surface area contributed by atoms with E-state index in [-0.39, 0.29) is 46.7 Å². The van der Waals surface area contributed by atoms with Crippen LogP contribution in [0.1, 0.15) is 138 Å². The van der Waals surface area contributed by atoms with Gasteiger partial charge in [0.2, 0.25) is 0 Å². The molecule has 232 valence electrons. The molecule has 0 aromatic heterocycles. The van der Waals surface area contributed by atoms with Crippen molar-refractivity contribution in [2.75, 3.05) is 13.7 Å². The Morgan fingerprint density at radius 3 is 2.12 bits per heavy atom. The quantitative estimate of drug-likeness (QED) is 0.185. The smallest absolute Gasteiger partial charge is 0.376 e. The second-order valence-electron chi connectivity index (χ2n) is 16.4. The van der Waals surface area contributed by atoms with Crippen molar-refractivity contribution in [1.29, 1.82) is 0 Å². The van der Waals surface area contributed by atoms with E-state index in [4.69, 9.17) is 4.74 Å². The Kier molecular flexibility index (Phi) is 14.1. The fraction of sp³-hybridized carbons (Fsp3) is 0.946. The third-order valence-electron chi connectivity index (χ3n) is 12.7. The Morgan fingerprint density at radius 2 is 1.43 bits per heavy atom. The maximum Gasteiger partial charge on any atom is 2.00 e. The van der Waals surface area contributed by atoms with Crippen molar-refractivity contribution in [2.24, 2.45) is 52.8 Å². The summed E-state index contributed by atoms with van der Waals surface area (Å²) in [6.45, 7) is 15.6. The van der Waals surface area contributed by atoms with Crippen LogP contribution in [0.3, 0.4) is 0 Å². The molecule has 3 heteroatoms. The van der Waals surface area contributed by atoms with E-state index in [1.165, 1.54) is 89.9 Å². The molecule has 0 spiro atoms. The van der Waals surface area contributed by atoms with Gasteiger partial charge in [-0.2, -0.15) is 0 Å². The molecule has 2 nitrogen and oxygen atoms in total. The van der Waals surface area contributed by atoms with Crippen molar-refractivity contribution in [2.45, 2.75) is 156 Å². The van der Waals surface area contributed by atoms with Crippen LogP contribution in [0.15, 0.2) is 0 Å². The van der Waals surface area contributed by atoms with E-state index < -0.39 is 0 Å². The van der Waals surface area contributed by atoms with Crippen LogP contribution in [0.5, 0.6) is 0 Å². The van der Waals surface area contributed by atoms with Gasteiger partial charge in [0.05, 0.1) is 5.60 Å². The average Bonchev–Trinajstić information content (AvgIpc) is 3.52. The first-order valence-corrected chi connectivity index (χ1v) is 16.9. The number of hydrogen-bond acceptors (Lipinski definition) is 2. The summed E-state index contributed by atoms with van der Waals surface area (Å²) < 4.78 is 5.92. The van der Waals surface area contributed by atoms with Gasteiger partial charge in [-0.15, -0.1) is 0 Å². The van der Waals surface area contributed by atoms with Crippen LogP contribution in [0.4, 0.5) is 0 Å². The van der Waals surface area contributed by atoms with E-state index in [2.05, 4.69) is 53.5 Å². The van der Waals surface area contributed by atoms with Gasteiger partial charge in [0, 0.05) is 18.7 Å². The number of fused-ring (bicyclic) bond motifs is 5. The summed E-state index contributed by atoms with van der Waals surface area (Å²) in [6.07, 6.45) is 22.0. The van der Waals surface area contributed by atoms with Gasteiger partial charge >= 0.3 is 26.2 Å². The van der Waals surface area contributed by atoms with Crippen LogP contribution in [0, 0.1) is 67.6 Å². The van der Waals surface area contributed by atoms with E-state index >= 15 is 0 Å². The summed E-state index contributed by atoms with van der Waals surface area (Å²) >= 11 is 0. The normalized spacial score (nSPS) is 39.4. The summed E-state index contributed by atoms with van der Waals surface area (Å²) in [5, 5.41) is 0. The van der Waals surface area contributed by atoms with Gasteiger partial charge in [-0.1, -0.05) is 65.7 Å². The van der Waals surface area contributed by atoms with Crippen molar-refractivity contribution < 1.29 is 30.9 Å². The van der Waals surface area contributed by atoms with E-state index in [1.54, 1.807) is 6.42 Å². The molecular formula is C37H69NOZr. The molecule has 0 radical (unpaired) electrons. The van der Waals surface area contributed by atoms with Crippen LogP contribution in [-0.4, -0.2) is 36.2 Å². The number of rotatable bonds is 9. The first-order valence-electron chi connectivity index (χ1n) is 16.9. The molecule has 40 heavy (non-hydrogen) atoms. The van der Waals surface area contributed by atoms with Gasteiger partial charge in [0.25, 0.3) is 0 Å². The zero-order chi connectivity index (χ0) is 26.4. The Hall–Kier alpha value is 0.803. The number of unbranched alkanes of at least 4 members (excludes halogenated alkanes) is 3. The first kappa shape index (κ1) is 37.0. The van der Waals surface area contributed by atoms with E-state index in [1.807, 2.05) is 0 Å². The van der Waals surface area contributed by atoms with Gasteiger partial charge in [-0.05, 0) is 132 Å². The standard InChI is InChI=1S/C35H63NO.2CH3.Zr/c1-24-17-20-30-29(22-24)31-32(27-15-11-12-16-28(27)33(31)36(30)7)35(5,6)26-19-18-25(23-26)14-10-8-9-13-21-37-34(2,3)4;;;/h24-33H,8-23H2,1-7H3;2*1H3;/q;2*-1;+2. The molecule has 0 aromatic rings. The van der Waals surface area contributed by atoms with Gasteiger partial charge in [0.1, 0.15) is 0 Å². The van der Waals surface area contributed by atoms with Crippen LogP contribution in [0.2, 0.25) is 0 Å². The Bertz CT molecular complexity index is 745. The van der Waals surface area contributed by atoms with Crippen molar-refractivity contribution in [3.63, 3.8) is 0 Å². The first-order chi connectivity index (χ1) is 17.6. The number of nitrogens with zero attached hydrogens (tertiary/aromatic N) is 1. The molecule has 5 aliphatic rings.